The summed E-state index contributed by atoms with van der Waals surface area (Å²) in [5.41, 5.74) is 7.05. The minimum absolute atomic E-state index is 0.0723. The van der Waals surface area contributed by atoms with E-state index in [1.807, 2.05) is 24.1 Å². The molecule has 0 aromatic heterocycles. The first-order valence-corrected chi connectivity index (χ1v) is 7.28. The van der Waals surface area contributed by atoms with Gasteiger partial charge in [-0.25, -0.2) is 0 Å². The van der Waals surface area contributed by atoms with Crippen LogP contribution in [0.25, 0.3) is 0 Å². The summed E-state index contributed by atoms with van der Waals surface area (Å²) in [7, 11) is 1.88. The molecular weight excluding hydrogens is 236 g/mol. The standard InChI is InChI=1S/C16H24N2O/c1-18(11-10-13-6-3-2-4-7-13)16(19)14-8-5-9-15(17)12-14/h5,8-9,12-13H,2-4,6-7,10-11,17H2,1H3. The largest absolute Gasteiger partial charge is 0.399 e. The summed E-state index contributed by atoms with van der Waals surface area (Å²) in [6, 6.07) is 7.21. The Hall–Kier alpha value is -1.51. The van der Waals surface area contributed by atoms with Gasteiger partial charge in [-0.2, -0.15) is 0 Å². The minimum Gasteiger partial charge on any atom is -0.399 e. The molecule has 0 atom stereocenters. The third kappa shape index (κ3) is 3.98. The van der Waals surface area contributed by atoms with Crippen molar-refractivity contribution in [3.05, 3.63) is 29.8 Å². The van der Waals surface area contributed by atoms with E-state index < -0.39 is 0 Å². The topological polar surface area (TPSA) is 46.3 Å². The maximum Gasteiger partial charge on any atom is 0.253 e. The molecule has 3 heteroatoms. The molecule has 1 amide bonds. The summed E-state index contributed by atoms with van der Waals surface area (Å²) >= 11 is 0. The van der Waals surface area contributed by atoms with Gasteiger partial charge in [0.25, 0.3) is 5.91 Å². The molecule has 1 aliphatic carbocycles. The second-order valence-electron chi connectivity index (χ2n) is 5.64. The molecule has 2 rings (SSSR count). The first-order chi connectivity index (χ1) is 9.16. The van der Waals surface area contributed by atoms with Gasteiger partial charge in [0.1, 0.15) is 0 Å². The number of carbonyl (C=O) groups excluding carboxylic acids is 1. The predicted molar refractivity (Wildman–Crippen MR) is 79.0 cm³/mol. The number of nitrogen functional groups attached to an aromatic ring is 1. The number of benzene rings is 1. The fourth-order valence-corrected chi connectivity index (χ4v) is 2.85. The van der Waals surface area contributed by atoms with Crippen LogP contribution in [-0.4, -0.2) is 24.4 Å². The summed E-state index contributed by atoms with van der Waals surface area (Å²) in [4.78, 5) is 14.1. The molecular formula is C16H24N2O. The van der Waals surface area contributed by atoms with Crippen LogP contribution in [0, 0.1) is 5.92 Å². The molecule has 0 saturated heterocycles. The molecule has 0 unspecified atom stereocenters. The summed E-state index contributed by atoms with van der Waals surface area (Å²) in [5, 5.41) is 0. The van der Waals surface area contributed by atoms with Crippen LogP contribution in [0.4, 0.5) is 5.69 Å². The lowest BCUT2D eigenvalue weighted by Gasteiger charge is -2.24. The lowest BCUT2D eigenvalue weighted by molar-refractivity contribution is 0.0784. The van der Waals surface area contributed by atoms with Gasteiger partial charge in [0, 0.05) is 24.8 Å². The van der Waals surface area contributed by atoms with E-state index in [2.05, 4.69) is 0 Å². The van der Waals surface area contributed by atoms with Crippen LogP contribution in [0.3, 0.4) is 0 Å². The smallest absolute Gasteiger partial charge is 0.253 e. The van der Waals surface area contributed by atoms with Crippen molar-refractivity contribution < 1.29 is 4.79 Å². The molecule has 1 saturated carbocycles. The van der Waals surface area contributed by atoms with Gasteiger partial charge in [-0.05, 0) is 30.5 Å². The Kier molecular flexibility index (Phi) is 4.83. The van der Waals surface area contributed by atoms with E-state index in [0.717, 1.165) is 18.9 Å². The Morgan fingerprint density at radius 3 is 2.74 bits per heavy atom. The normalized spacial score (nSPS) is 16.3. The number of anilines is 1. The lowest BCUT2D eigenvalue weighted by Crippen LogP contribution is -2.29. The van der Waals surface area contributed by atoms with Crippen molar-refractivity contribution >= 4 is 11.6 Å². The number of carbonyl (C=O) groups is 1. The maximum atomic E-state index is 12.2. The van der Waals surface area contributed by atoms with Gasteiger partial charge in [0.05, 0.1) is 0 Å². The first kappa shape index (κ1) is 13.9. The predicted octanol–water partition coefficient (Wildman–Crippen LogP) is 3.31. The van der Waals surface area contributed by atoms with Gasteiger partial charge in [-0.15, -0.1) is 0 Å². The maximum absolute atomic E-state index is 12.2. The SMILES string of the molecule is CN(CCC1CCCCC1)C(=O)c1cccc(N)c1. The Labute approximate surface area is 115 Å². The highest BCUT2D eigenvalue weighted by Gasteiger charge is 2.16. The van der Waals surface area contributed by atoms with Crippen molar-refractivity contribution in [3.63, 3.8) is 0 Å². The quantitative estimate of drug-likeness (QED) is 0.844. The van der Waals surface area contributed by atoms with E-state index in [1.54, 1.807) is 12.1 Å². The molecule has 104 valence electrons. The van der Waals surface area contributed by atoms with Gasteiger partial charge in [0.15, 0.2) is 0 Å². The van der Waals surface area contributed by atoms with Crippen LogP contribution in [0.5, 0.6) is 0 Å². The average molecular weight is 260 g/mol. The molecule has 0 heterocycles. The Morgan fingerprint density at radius 1 is 1.32 bits per heavy atom. The van der Waals surface area contributed by atoms with E-state index in [1.165, 1.54) is 32.1 Å². The summed E-state index contributed by atoms with van der Waals surface area (Å²) in [6.07, 6.45) is 7.90. The van der Waals surface area contributed by atoms with Crippen molar-refractivity contribution in [2.75, 3.05) is 19.3 Å². The van der Waals surface area contributed by atoms with E-state index >= 15 is 0 Å². The molecule has 1 aromatic rings. The van der Waals surface area contributed by atoms with E-state index in [0.29, 0.717) is 11.3 Å². The number of nitrogens with zero attached hydrogens (tertiary/aromatic N) is 1. The monoisotopic (exact) mass is 260 g/mol. The fourth-order valence-electron chi connectivity index (χ4n) is 2.85. The van der Waals surface area contributed by atoms with Crippen LogP contribution in [0.2, 0.25) is 0 Å². The zero-order valence-corrected chi connectivity index (χ0v) is 11.8. The second-order valence-corrected chi connectivity index (χ2v) is 5.64. The summed E-state index contributed by atoms with van der Waals surface area (Å²) in [5.74, 6) is 0.882. The molecule has 19 heavy (non-hydrogen) atoms. The fraction of sp³-hybridized carbons (Fsp3) is 0.562. The number of amides is 1. The van der Waals surface area contributed by atoms with Gasteiger partial charge < -0.3 is 10.6 Å². The van der Waals surface area contributed by atoms with Gasteiger partial charge >= 0.3 is 0 Å². The molecule has 0 spiro atoms. The first-order valence-electron chi connectivity index (χ1n) is 7.28. The highest BCUT2D eigenvalue weighted by Crippen LogP contribution is 2.26. The molecule has 2 N–H and O–H groups in total. The van der Waals surface area contributed by atoms with Crippen LogP contribution in [0.1, 0.15) is 48.9 Å². The van der Waals surface area contributed by atoms with Crippen LogP contribution in [0.15, 0.2) is 24.3 Å². The molecule has 1 fully saturated rings. The molecule has 0 bridgehead atoms. The molecule has 0 radical (unpaired) electrons. The third-order valence-corrected chi connectivity index (χ3v) is 4.08. The highest BCUT2D eigenvalue weighted by molar-refractivity contribution is 5.94. The van der Waals surface area contributed by atoms with Crippen LogP contribution >= 0.6 is 0 Å². The van der Waals surface area contributed by atoms with Crippen molar-refractivity contribution in [1.29, 1.82) is 0 Å². The Bertz CT molecular complexity index is 425. The van der Waals surface area contributed by atoms with Crippen molar-refractivity contribution in [3.8, 4) is 0 Å². The summed E-state index contributed by atoms with van der Waals surface area (Å²) in [6.45, 7) is 0.846. The van der Waals surface area contributed by atoms with Crippen molar-refractivity contribution in [2.24, 2.45) is 5.92 Å². The minimum atomic E-state index is 0.0723. The number of hydrogen-bond acceptors (Lipinski definition) is 2. The lowest BCUT2D eigenvalue weighted by atomic mass is 9.87. The van der Waals surface area contributed by atoms with E-state index in [4.69, 9.17) is 5.73 Å². The van der Waals surface area contributed by atoms with E-state index in [-0.39, 0.29) is 5.91 Å². The number of rotatable bonds is 4. The van der Waals surface area contributed by atoms with Crippen LogP contribution in [-0.2, 0) is 0 Å². The zero-order chi connectivity index (χ0) is 13.7. The Morgan fingerprint density at radius 2 is 2.05 bits per heavy atom. The average Bonchev–Trinajstić information content (AvgIpc) is 2.45. The van der Waals surface area contributed by atoms with E-state index in [9.17, 15) is 4.79 Å². The zero-order valence-electron chi connectivity index (χ0n) is 11.8. The van der Waals surface area contributed by atoms with Gasteiger partial charge in [-0.1, -0.05) is 38.2 Å². The molecule has 1 aliphatic rings. The highest BCUT2D eigenvalue weighted by atomic mass is 16.2. The third-order valence-electron chi connectivity index (χ3n) is 4.08. The van der Waals surface area contributed by atoms with Gasteiger partial charge in [0.2, 0.25) is 0 Å². The number of nitrogens with two attached hydrogens (primary N) is 1. The van der Waals surface area contributed by atoms with Crippen LogP contribution < -0.4 is 5.73 Å². The molecule has 1 aromatic carbocycles. The van der Waals surface area contributed by atoms with Crippen molar-refractivity contribution in [1.82, 2.24) is 4.90 Å². The second kappa shape index (κ2) is 6.60. The summed E-state index contributed by atoms with van der Waals surface area (Å²) < 4.78 is 0. The van der Waals surface area contributed by atoms with Gasteiger partial charge in [-0.3, -0.25) is 4.79 Å². The molecule has 3 nitrogen and oxygen atoms in total. The molecule has 0 aliphatic heterocycles. The Balaban J connectivity index is 1.85. The van der Waals surface area contributed by atoms with Crippen molar-refractivity contribution in [2.45, 2.75) is 38.5 Å². The number of hydrogen-bond donors (Lipinski definition) is 1.